The number of aliphatic imine (C=N–C) groups is 1. The summed E-state index contributed by atoms with van der Waals surface area (Å²) in [4.78, 5) is 11.1. The molecule has 0 saturated carbocycles. The van der Waals surface area contributed by atoms with Gasteiger partial charge in [0, 0.05) is 47.9 Å². The number of nitrogens with zero attached hydrogens (tertiary/aromatic N) is 2. The number of ether oxygens (including phenoxy) is 1. The standard InChI is InChI=1S/C19H28N4OS2.HI/c1-15-5-6-18(26-15)17(23-9-11-24-12-10-23)14-22-19(20-2)21-8-7-16-4-3-13-25-16;/h3-6,13,17H,7-12,14H2,1-2H3,(H2,20,21,22);1H. The zero-order valence-electron chi connectivity index (χ0n) is 15.9. The van der Waals surface area contributed by atoms with E-state index in [0.717, 1.165) is 51.8 Å². The molecule has 2 aromatic rings. The zero-order valence-corrected chi connectivity index (χ0v) is 19.9. The lowest BCUT2D eigenvalue weighted by Crippen LogP contribution is -2.46. The number of aryl methyl sites for hydroxylation is 1. The van der Waals surface area contributed by atoms with Crippen molar-refractivity contribution in [2.24, 2.45) is 4.99 Å². The predicted molar refractivity (Wildman–Crippen MR) is 127 cm³/mol. The Morgan fingerprint density at radius 2 is 2.07 bits per heavy atom. The van der Waals surface area contributed by atoms with Crippen LogP contribution in [0.1, 0.15) is 20.7 Å². The van der Waals surface area contributed by atoms with Gasteiger partial charge in [-0.25, -0.2) is 0 Å². The third-order valence-electron chi connectivity index (χ3n) is 4.51. The van der Waals surface area contributed by atoms with Gasteiger partial charge in [0.15, 0.2) is 5.96 Å². The molecule has 2 aromatic heterocycles. The fraction of sp³-hybridized carbons (Fsp3) is 0.526. The lowest BCUT2D eigenvalue weighted by Gasteiger charge is -2.34. The smallest absolute Gasteiger partial charge is 0.191 e. The first-order valence-corrected chi connectivity index (χ1v) is 10.8. The molecule has 3 rings (SSSR count). The lowest BCUT2D eigenvalue weighted by atomic mass is 10.2. The summed E-state index contributed by atoms with van der Waals surface area (Å²) in [6.45, 7) is 7.49. The third kappa shape index (κ3) is 7.01. The Kier molecular flexibility index (Phi) is 10.1. The van der Waals surface area contributed by atoms with E-state index in [2.05, 4.69) is 57.1 Å². The van der Waals surface area contributed by atoms with Crippen molar-refractivity contribution in [3.05, 3.63) is 44.3 Å². The monoisotopic (exact) mass is 520 g/mol. The van der Waals surface area contributed by atoms with Crippen molar-refractivity contribution < 1.29 is 4.74 Å². The van der Waals surface area contributed by atoms with Gasteiger partial charge in [0.2, 0.25) is 0 Å². The highest BCUT2D eigenvalue weighted by Gasteiger charge is 2.24. The molecule has 0 bridgehead atoms. The molecule has 3 heterocycles. The Morgan fingerprint density at radius 1 is 1.26 bits per heavy atom. The summed E-state index contributed by atoms with van der Waals surface area (Å²) in [6, 6.07) is 9.10. The normalized spacial score (nSPS) is 16.6. The zero-order chi connectivity index (χ0) is 18.2. The van der Waals surface area contributed by atoms with E-state index in [1.807, 2.05) is 18.4 Å². The quantitative estimate of drug-likeness (QED) is 0.333. The number of morpholine rings is 1. The van der Waals surface area contributed by atoms with Crippen molar-refractivity contribution >= 4 is 52.6 Å². The van der Waals surface area contributed by atoms with Crippen LogP contribution in [0.25, 0.3) is 0 Å². The molecule has 1 aliphatic rings. The highest BCUT2D eigenvalue weighted by molar-refractivity contribution is 14.0. The van der Waals surface area contributed by atoms with E-state index in [-0.39, 0.29) is 24.0 Å². The summed E-state index contributed by atoms with van der Waals surface area (Å²) in [7, 11) is 1.83. The molecule has 0 aliphatic carbocycles. The lowest BCUT2D eigenvalue weighted by molar-refractivity contribution is 0.0177. The van der Waals surface area contributed by atoms with Crippen LogP contribution in [0, 0.1) is 6.92 Å². The molecule has 1 unspecified atom stereocenters. The Bertz CT molecular complexity index is 684. The summed E-state index contributed by atoms with van der Waals surface area (Å²) in [5, 5.41) is 9.07. The van der Waals surface area contributed by atoms with Crippen LogP contribution in [-0.2, 0) is 11.2 Å². The summed E-state index contributed by atoms with van der Waals surface area (Å²) in [5.74, 6) is 0.869. The first-order valence-electron chi connectivity index (χ1n) is 9.11. The minimum atomic E-state index is 0. The van der Waals surface area contributed by atoms with E-state index < -0.39 is 0 Å². The summed E-state index contributed by atoms with van der Waals surface area (Å²) in [6.07, 6.45) is 1.02. The molecule has 8 heteroatoms. The second-order valence-electron chi connectivity index (χ2n) is 6.32. The Balaban J connectivity index is 0.00000261. The van der Waals surface area contributed by atoms with Gasteiger partial charge in [0.25, 0.3) is 0 Å². The number of guanidine groups is 1. The number of hydrogen-bond acceptors (Lipinski definition) is 5. The maximum atomic E-state index is 5.53. The van der Waals surface area contributed by atoms with E-state index >= 15 is 0 Å². The number of nitrogens with one attached hydrogen (secondary N) is 2. The first-order chi connectivity index (χ1) is 12.8. The van der Waals surface area contributed by atoms with Crippen LogP contribution in [-0.4, -0.2) is 57.3 Å². The summed E-state index contributed by atoms with van der Waals surface area (Å²) < 4.78 is 5.53. The number of rotatable bonds is 7. The van der Waals surface area contributed by atoms with Crippen molar-refractivity contribution in [2.45, 2.75) is 19.4 Å². The minimum Gasteiger partial charge on any atom is -0.379 e. The molecule has 1 atom stereocenters. The highest BCUT2D eigenvalue weighted by Crippen LogP contribution is 2.27. The van der Waals surface area contributed by atoms with Crippen molar-refractivity contribution in [2.75, 3.05) is 46.4 Å². The fourth-order valence-electron chi connectivity index (χ4n) is 3.10. The molecule has 1 fully saturated rings. The Hall–Kier alpha value is -0.680. The Labute approximate surface area is 187 Å². The highest BCUT2D eigenvalue weighted by atomic mass is 127. The summed E-state index contributed by atoms with van der Waals surface area (Å²) >= 11 is 3.68. The summed E-state index contributed by atoms with van der Waals surface area (Å²) in [5.41, 5.74) is 0. The second kappa shape index (κ2) is 12.0. The van der Waals surface area contributed by atoms with Crippen LogP contribution in [0.15, 0.2) is 34.6 Å². The molecule has 5 nitrogen and oxygen atoms in total. The van der Waals surface area contributed by atoms with Crippen LogP contribution < -0.4 is 10.6 Å². The SMILES string of the molecule is CN=C(NCCc1cccs1)NCC(c1ccc(C)s1)N1CCOCC1.I. The molecule has 0 amide bonds. The van der Waals surface area contributed by atoms with Gasteiger partial charge in [-0.2, -0.15) is 0 Å². The maximum Gasteiger partial charge on any atom is 0.191 e. The molecule has 1 aliphatic heterocycles. The topological polar surface area (TPSA) is 48.9 Å². The van der Waals surface area contributed by atoms with Gasteiger partial charge >= 0.3 is 0 Å². The van der Waals surface area contributed by atoms with E-state index in [9.17, 15) is 0 Å². The van der Waals surface area contributed by atoms with Gasteiger partial charge in [-0.1, -0.05) is 6.07 Å². The first kappa shape index (κ1) is 22.6. The van der Waals surface area contributed by atoms with E-state index in [0.29, 0.717) is 6.04 Å². The van der Waals surface area contributed by atoms with Gasteiger partial charge in [-0.3, -0.25) is 9.89 Å². The van der Waals surface area contributed by atoms with Gasteiger partial charge in [0.1, 0.15) is 0 Å². The van der Waals surface area contributed by atoms with Crippen LogP contribution in [0.4, 0.5) is 0 Å². The van der Waals surface area contributed by atoms with E-state index in [4.69, 9.17) is 4.74 Å². The molecule has 1 saturated heterocycles. The van der Waals surface area contributed by atoms with Crippen LogP contribution in [0.3, 0.4) is 0 Å². The molecule has 0 spiro atoms. The Morgan fingerprint density at radius 3 is 2.70 bits per heavy atom. The third-order valence-corrected chi connectivity index (χ3v) is 6.54. The van der Waals surface area contributed by atoms with E-state index in [1.54, 1.807) is 11.3 Å². The number of halogens is 1. The van der Waals surface area contributed by atoms with Crippen molar-refractivity contribution in [1.82, 2.24) is 15.5 Å². The van der Waals surface area contributed by atoms with Gasteiger partial charge in [-0.15, -0.1) is 46.7 Å². The molecular weight excluding hydrogens is 491 g/mol. The fourth-order valence-corrected chi connectivity index (χ4v) is 4.83. The second-order valence-corrected chi connectivity index (χ2v) is 8.67. The van der Waals surface area contributed by atoms with Crippen LogP contribution >= 0.6 is 46.7 Å². The van der Waals surface area contributed by atoms with Crippen LogP contribution in [0.5, 0.6) is 0 Å². The molecule has 2 N–H and O–H groups in total. The van der Waals surface area contributed by atoms with E-state index in [1.165, 1.54) is 14.6 Å². The minimum absolute atomic E-state index is 0. The molecule has 0 radical (unpaired) electrons. The van der Waals surface area contributed by atoms with Crippen molar-refractivity contribution in [3.63, 3.8) is 0 Å². The van der Waals surface area contributed by atoms with Crippen LogP contribution in [0.2, 0.25) is 0 Å². The molecule has 27 heavy (non-hydrogen) atoms. The number of hydrogen-bond donors (Lipinski definition) is 2. The van der Waals surface area contributed by atoms with Crippen molar-refractivity contribution in [1.29, 1.82) is 0 Å². The molecule has 0 aromatic carbocycles. The largest absolute Gasteiger partial charge is 0.379 e. The van der Waals surface area contributed by atoms with Crippen molar-refractivity contribution in [3.8, 4) is 0 Å². The van der Waals surface area contributed by atoms with Gasteiger partial charge < -0.3 is 15.4 Å². The number of thiophene rings is 2. The average Bonchev–Trinajstić information content (AvgIpc) is 3.33. The molecular formula is C19H29IN4OS2. The maximum absolute atomic E-state index is 5.53. The predicted octanol–water partition coefficient (Wildman–Crippen LogP) is 3.52. The average molecular weight is 521 g/mol. The molecule has 150 valence electrons. The van der Waals surface area contributed by atoms with Gasteiger partial charge in [-0.05, 0) is 36.9 Å². The van der Waals surface area contributed by atoms with Gasteiger partial charge in [0.05, 0.1) is 19.3 Å².